The van der Waals surface area contributed by atoms with E-state index in [4.69, 9.17) is 5.73 Å². The number of aliphatic hydroxyl groups is 1. The minimum Gasteiger partial charge on any atom is -0.399 e. The molecule has 3 N–H and O–H groups in total. The maximum absolute atomic E-state index is 10.7. The van der Waals surface area contributed by atoms with Crippen molar-refractivity contribution in [2.45, 2.75) is 37.7 Å². The van der Waals surface area contributed by atoms with Crippen molar-refractivity contribution in [3.8, 4) is 0 Å². The van der Waals surface area contributed by atoms with E-state index in [0.717, 1.165) is 24.1 Å². The van der Waals surface area contributed by atoms with Crippen LogP contribution in [0.25, 0.3) is 0 Å². The molecule has 0 aromatic heterocycles. The maximum atomic E-state index is 10.7. The topological polar surface area (TPSA) is 46.2 Å². The number of nitrogens with two attached hydrogens (primary N) is 1. The average Bonchev–Trinajstić information content (AvgIpc) is 2.41. The smallest absolute Gasteiger partial charge is 0.0930 e. The summed E-state index contributed by atoms with van der Waals surface area (Å²) >= 11 is 0. The van der Waals surface area contributed by atoms with E-state index < -0.39 is 5.60 Å². The van der Waals surface area contributed by atoms with E-state index >= 15 is 0 Å². The van der Waals surface area contributed by atoms with Gasteiger partial charge in [-0.3, -0.25) is 0 Å². The molecule has 0 saturated heterocycles. The SMILES string of the molecule is Nc1ccc2c(c1)CCC2(O)C1CCC1. The number of hydrogen-bond donors (Lipinski definition) is 2. The summed E-state index contributed by atoms with van der Waals surface area (Å²) in [5.74, 6) is 0.488. The molecule has 2 aliphatic rings. The Morgan fingerprint density at radius 1 is 1.33 bits per heavy atom. The lowest BCUT2D eigenvalue weighted by molar-refractivity contribution is -0.0545. The van der Waals surface area contributed by atoms with Gasteiger partial charge in [-0.2, -0.15) is 0 Å². The minimum absolute atomic E-state index is 0.488. The fourth-order valence-electron chi connectivity index (χ4n) is 3.01. The highest BCUT2D eigenvalue weighted by Gasteiger charge is 2.45. The second-order valence-corrected chi connectivity index (χ2v) is 4.97. The largest absolute Gasteiger partial charge is 0.399 e. The van der Waals surface area contributed by atoms with Crippen molar-refractivity contribution >= 4 is 5.69 Å². The molecule has 1 aromatic carbocycles. The van der Waals surface area contributed by atoms with Gasteiger partial charge >= 0.3 is 0 Å². The molecule has 0 aliphatic heterocycles. The molecule has 0 radical (unpaired) electrons. The van der Waals surface area contributed by atoms with E-state index in [9.17, 15) is 5.11 Å². The van der Waals surface area contributed by atoms with Gasteiger partial charge in [-0.15, -0.1) is 0 Å². The molecule has 3 rings (SSSR count). The van der Waals surface area contributed by atoms with Crippen LogP contribution in [-0.2, 0) is 12.0 Å². The van der Waals surface area contributed by atoms with E-state index in [2.05, 4.69) is 0 Å². The van der Waals surface area contributed by atoms with Crippen LogP contribution in [-0.4, -0.2) is 5.11 Å². The normalized spacial score (nSPS) is 29.9. The number of anilines is 1. The zero-order chi connectivity index (χ0) is 10.5. The Kier molecular flexibility index (Phi) is 1.84. The molecule has 0 amide bonds. The van der Waals surface area contributed by atoms with Gasteiger partial charge in [-0.05, 0) is 54.9 Å². The van der Waals surface area contributed by atoms with Crippen LogP contribution >= 0.6 is 0 Å². The fraction of sp³-hybridized carbons (Fsp3) is 0.538. The van der Waals surface area contributed by atoms with Gasteiger partial charge in [0.2, 0.25) is 0 Å². The lowest BCUT2D eigenvalue weighted by Crippen LogP contribution is -2.37. The summed E-state index contributed by atoms with van der Waals surface area (Å²) in [7, 11) is 0. The molecule has 2 nitrogen and oxygen atoms in total. The van der Waals surface area contributed by atoms with Crippen molar-refractivity contribution in [3.05, 3.63) is 29.3 Å². The highest BCUT2D eigenvalue weighted by Crippen LogP contribution is 2.49. The molecule has 1 unspecified atom stereocenters. The molecule has 1 fully saturated rings. The molecule has 15 heavy (non-hydrogen) atoms. The molecule has 2 heteroatoms. The molecule has 1 aromatic rings. The van der Waals surface area contributed by atoms with Crippen molar-refractivity contribution in [1.29, 1.82) is 0 Å². The summed E-state index contributed by atoms with van der Waals surface area (Å²) in [4.78, 5) is 0. The zero-order valence-corrected chi connectivity index (χ0v) is 8.87. The first kappa shape index (κ1) is 9.22. The van der Waals surface area contributed by atoms with Gasteiger partial charge in [-0.25, -0.2) is 0 Å². The van der Waals surface area contributed by atoms with Gasteiger partial charge < -0.3 is 10.8 Å². The van der Waals surface area contributed by atoms with Crippen molar-refractivity contribution in [1.82, 2.24) is 0 Å². The Morgan fingerprint density at radius 3 is 2.80 bits per heavy atom. The van der Waals surface area contributed by atoms with E-state index in [-0.39, 0.29) is 0 Å². The molecular weight excluding hydrogens is 186 g/mol. The Hall–Kier alpha value is -1.02. The Balaban J connectivity index is 2.03. The Morgan fingerprint density at radius 2 is 2.13 bits per heavy atom. The van der Waals surface area contributed by atoms with Crippen molar-refractivity contribution in [2.75, 3.05) is 5.73 Å². The first-order valence-corrected chi connectivity index (χ1v) is 5.81. The minimum atomic E-state index is -0.540. The highest BCUT2D eigenvalue weighted by atomic mass is 16.3. The summed E-state index contributed by atoms with van der Waals surface area (Å²) in [5, 5.41) is 10.7. The van der Waals surface area contributed by atoms with Gasteiger partial charge in [0.05, 0.1) is 5.60 Å². The lowest BCUT2D eigenvalue weighted by Gasteiger charge is -2.39. The standard InChI is InChI=1S/C13H17NO/c14-11-4-5-12-9(8-11)6-7-13(12,15)10-2-1-3-10/h4-5,8,10,15H,1-3,6-7,14H2. The number of rotatable bonds is 1. The first-order chi connectivity index (χ1) is 7.20. The molecule has 80 valence electrons. The summed E-state index contributed by atoms with van der Waals surface area (Å²) in [6.07, 6.45) is 5.50. The second kappa shape index (κ2) is 2.99. The number of nitrogen functional groups attached to an aromatic ring is 1. The third-order valence-corrected chi connectivity index (χ3v) is 4.15. The monoisotopic (exact) mass is 203 g/mol. The quantitative estimate of drug-likeness (QED) is 0.687. The lowest BCUT2D eigenvalue weighted by atomic mass is 9.70. The molecule has 0 heterocycles. The molecular formula is C13H17NO. The predicted octanol–water partition coefficient (Wildman–Crippen LogP) is 2.20. The van der Waals surface area contributed by atoms with Gasteiger partial charge in [0.25, 0.3) is 0 Å². The summed E-state index contributed by atoms with van der Waals surface area (Å²) in [6, 6.07) is 5.95. The fourth-order valence-corrected chi connectivity index (χ4v) is 3.01. The van der Waals surface area contributed by atoms with Crippen LogP contribution in [0.2, 0.25) is 0 Å². The summed E-state index contributed by atoms with van der Waals surface area (Å²) in [6.45, 7) is 0. The first-order valence-electron chi connectivity index (χ1n) is 5.81. The van der Waals surface area contributed by atoms with E-state index in [1.165, 1.54) is 24.8 Å². The highest BCUT2D eigenvalue weighted by molar-refractivity contribution is 5.49. The van der Waals surface area contributed by atoms with Crippen molar-refractivity contribution in [3.63, 3.8) is 0 Å². The Labute approximate surface area is 90.1 Å². The second-order valence-electron chi connectivity index (χ2n) is 4.97. The molecule has 1 saturated carbocycles. The van der Waals surface area contributed by atoms with Gasteiger partial charge in [0.1, 0.15) is 0 Å². The van der Waals surface area contributed by atoms with Crippen molar-refractivity contribution in [2.24, 2.45) is 5.92 Å². The maximum Gasteiger partial charge on any atom is 0.0930 e. The van der Waals surface area contributed by atoms with Crippen LogP contribution in [0.5, 0.6) is 0 Å². The Bertz CT molecular complexity index is 398. The van der Waals surface area contributed by atoms with Gasteiger partial charge in [-0.1, -0.05) is 12.5 Å². The molecule has 2 aliphatic carbocycles. The van der Waals surface area contributed by atoms with Crippen molar-refractivity contribution < 1.29 is 5.11 Å². The van der Waals surface area contributed by atoms with Crippen LogP contribution in [0, 0.1) is 5.92 Å². The van der Waals surface area contributed by atoms with Crippen LogP contribution in [0.15, 0.2) is 18.2 Å². The average molecular weight is 203 g/mol. The summed E-state index contributed by atoms with van der Waals surface area (Å²) in [5.41, 5.74) is 8.43. The number of fused-ring (bicyclic) bond motifs is 1. The van der Waals surface area contributed by atoms with Gasteiger partial charge in [0, 0.05) is 5.69 Å². The van der Waals surface area contributed by atoms with E-state index in [0.29, 0.717) is 5.92 Å². The third kappa shape index (κ3) is 1.21. The van der Waals surface area contributed by atoms with Crippen LogP contribution in [0.3, 0.4) is 0 Å². The number of hydrogen-bond acceptors (Lipinski definition) is 2. The van der Waals surface area contributed by atoms with Gasteiger partial charge in [0.15, 0.2) is 0 Å². The predicted molar refractivity (Wildman–Crippen MR) is 60.4 cm³/mol. The van der Waals surface area contributed by atoms with Crippen LogP contribution < -0.4 is 5.73 Å². The molecule has 0 bridgehead atoms. The van der Waals surface area contributed by atoms with Crippen LogP contribution in [0.4, 0.5) is 5.69 Å². The molecule has 1 atom stereocenters. The third-order valence-electron chi connectivity index (χ3n) is 4.15. The van der Waals surface area contributed by atoms with E-state index in [1.807, 2.05) is 18.2 Å². The summed E-state index contributed by atoms with van der Waals surface area (Å²) < 4.78 is 0. The number of benzene rings is 1. The van der Waals surface area contributed by atoms with Crippen LogP contribution in [0.1, 0.15) is 36.8 Å². The molecule has 0 spiro atoms. The number of aryl methyl sites for hydroxylation is 1. The van der Waals surface area contributed by atoms with E-state index in [1.54, 1.807) is 0 Å². The zero-order valence-electron chi connectivity index (χ0n) is 8.87.